The zero-order valence-electron chi connectivity index (χ0n) is 8.68. The van der Waals surface area contributed by atoms with Gasteiger partial charge in [-0.25, -0.2) is 4.79 Å². The molecule has 0 saturated heterocycles. The molecule has 0 fully saturated rings. The van der Waals surface area contributed by atoms with Crippen LogP contribution in [0.25, 0.3) is 0 Å². The normalized spacial score (nSPS) is 15.1. The molecule has 0 aromatic heterocycles. The first-order chi connectivity index (χ1) is 7.67. The molecular weight excluding hydrogens is 259 g/mol. The maximum atomic E-state index is 12.7. The SMILES string of the molecule is CC(Nc1ccc(Cl)cc1)(C(=O)O)C(F)(F)F. The molecule has 2 N–H and O–H groups in total. The Morgan fingerprint density at radius 2 is 1.76 bits per heavy atom. The van der Waals surface area contributed by atoms with Gasteiger partial charge in [0.15, 0.2) is 0 Å². The maximum absolute atomic E-state index is 12.7. The minimum absolute atomic E-state index is 0.0247. The van der Waals surface area contributed by atoms with Crippen LogP contribution in [0.2, 0.25) is 5.02 Å². The third kappa shape index (κ3) is 2.82. The van der Waals surface area contributed by atoms with Crippen molar-refractivity contribution >= 4 is 23.3 Å². The Bertz CT molecular complexity index is 419. The Hall–Kier alpha value is -1.43. The number of rotatable bonds is 3. The first kappa shape index (κ1) is 13.6. The van der Waals surface area contributed by atoms with Crippen LogP contribution in [0.5, 0.6) is 0 Å². The second-order valence-corrected chi connectivity index (χ2v) is 4.00. The molecule has 0 bridgehead atoms. The molecular formula is C10H9ClF3NO2. The van der Waals surface area contributed by atoms with Crippen molar-refractivity contribution in [3.05, 3.63) is 29.3 Å². The zero-order chi connectivity index (χ0) is 13.3. The predicted molar refractivity (Wildman–Crippen MR) is 57.2 cm³/mol. The molecule has 17 heavy (non-hydrogen) atoms. The van der Waals surface area contributed by atoms with Gasteiger partial charge in [0.05, 0.1) is 0 Å². The fraction of sp³-hybridized carbons (Fsp3) is 0.300. The molecule has 0 aliphatic carbocycles. The quantitative estimate of drug-likeness (QED) is 0.884. The highest BCUT2D eigenvalue weighted by Crippen LogP contribution is 2.33. The summed E-state index contributed by atoms with van der Waals surface area (Å²) in [4.78, 5) is 10.7. The molecule has 1 unspecified atom stereocenters. The summed E-state index contributed by atoms with van der Waals surface area (Å²) < 4.78 is 38.0. The Labute approximate surface area is 100 Å². The van der Waals surface area contributed by atoms with Gasteiger partial charge in [-0.05, 0) is 31.2 Å². The molecule has 1 aromatic rings. The number of hydrogen-bond donors (Lipinski definition) is 2. The second-order valence-electron chi connectivity index (χ2n) is 3.56. The van der Waals surface area contributed by atoms with Crippen molar-refractivity contribution in [2.45, 2.75) is 18.6 Å². The van der Waals surface area contributed by atoms with E-state index < -0.39 is 17.7 Å². The van der Waals surface area contributed by atoms with Gasteiger partial charge in [-0.1, -0.05) is 11.6 Å². The van der Waals surface area contributed by atoms with Crippen molar-refractivity contribution in [3.8, 4) is 0 Å². The van der Waals surface area contributed by atoms with Crippen molar-refractivity contribution in [1.82, 2.24) is 0 Å². The number of hydrogen-bond acceptors (Lipinski definition) is 2. The number of carboxylic acids is 1. The average Bonchev–Trinajstić information content (AvgIpc) is 2.19. The third-order valence-corrected chi connectivity index (χ3v) is 2.49. The fourth-order valence-electron chi connectivity index (χ4n) is 1.07. The van der Waals surface area contributed by atoms with E-state index in [-0.39, 0.29) is 5.69 Å². The van der Waals surface area contributed by atoms with Gasteiger partial charge in [-0.3, -0.25) is 0 Å². The van der Waals surface area contributed by atoms with Crippen molar-refractivity contribution in [2.24, 2.45) is 0 Å². The standard InChI is InChI=1S/C10H9ClF3NO2/c1-9(8(16)17,10(12,13)14)15-7-4-2-6(11)3-5-7/h2-5,15H,1H3,(H,16,17). The third-order valence-electron chi connectivity index (χ3n) is 2.23. The van der Waals surface area contributed by atoms with E-state index >= 15 is 0 Å². The Kier molecular flexibility index (Phi) is 3.56. The maximum Gasteiger partial charge on any atom is 0.422 e. The summed E-state index contributed by atoms with van der Waals surface area (Å²) >= 11 is 5.57. The molecule has 0 spiro atoms. The lowest BCUT2D eigenvalue weighted by Crippen LogP contribution is -2.55. The van der Waals surface area contributed by atoms with Crippen molar-refractivity contribution in [3.63, 3.8) is 0 Å². The van der Waals surface area contributed by atoms with Crippen LogP contribution in [-0.4, -0.2) is 22.8 Å². The summed E-state index contributed by atoms with van der Waals surface area (Å²) in [5.41, 5.74) is -3.02. The molecule has 94 valence electrons. The minimum Gasteiger partial charge on any atom is -0.479 e. The number of halogens is 4. The first-order valence-electron chi connectivity index (χ1n) is 4.51. The van der Waals surface area contributed by atoms with Gasteiger partial charge in [0.2, 0.25) is 5.54 Å². The summed E-state index contributed by atoms with van der Waals surface area (Å²) in [5.74, 6) is -2.00. The Morgan fingerprint density at radius 1 is 1.29 bits per heavy atom. The van der Waals surface area contributed by atoms with Gasteiger partial charge < -0.3 is 10.4 Å². The molecule has 1 rings (SSSR count). The topological polar surface area (TPSA) is 49.3 Å². The number of anilines is 1. The number of aliphatic carboxylic acids is 1. The number of alkyl halides is 3. The van der Waals surface area contributed by atoms with E-state index in [1.54, 1.807) is 0 Å². The number of carbonyl (C=O) groups is 1. The molecule has 7 heteroatoms. The van der Waals surface area contributed by atoms with Gasteiger partial charge in [0.25, 0.3) is 0 Å². The van der Waals surface area contributed by atoms with E-state index in [1.807, 2.05) is 5.32 Å². The van der Waals surface area contributed by atoms with Gasteiger partial charge in [-0.2, -0.15) is 13.2 Å². The van der Waals surface area contributed by atoms with Crippen molar-refractivity contribution in [2.75, 3.05) is 5.32 Å². The average molecular weight is 268 g/mol. The molecule has 0 aliphatic rings. The fourth-order valence-corrected chi connectivity index (χ4v) is 1.19. The highest BCUT2D eigenvalue weighted by molar-refractivity contribution is 6.30. The van der Waals surface area contributed by atoms with Crippen molar-refractivity contribution < 1.29 is 23.1 Å². The monoisotopic (exact) mass is 267 g/mol. The van der Waals surface area contributed by atoms with E-state index in [1.165, 1.54) is 24.3 Å². The van der Waals surface area contributed by atoms with E-state index in [0.717, 1.165) is 0 Å². The van der Waals surface area contributed by atoms with Gasteiger partial charge in [0, 0.05) is 10.7 Å². The molecule has 0 aliphatic heterocycles. The molecule has 0 amide bonds. The summed E-state index contributed by atoms with van der Waals surface area (Å²) in [6.45, 7) is 0.559. The van der Waals surface area contributed by atoms with Crippen LogP contribution >= 0.6 is 11.6 Å². The lowest BCUT2D eigenvalue weighted by Gasteiger charge is -2.29. The molecule has 0 radical (unpaired) electrons. The molecule has 1 atom stereocenters. The van der Waals surface area contributed by atoms with Crippen LogP contribution in [0.15, 0.2) is 24.3 Å². The summed E-state index contributed by atoms with van der Waals surface area (Å²) in [6, 6.07) is 5.27. The van der Waals surface area contributed by atoms with Crippen LogP contribution in [0.3, 0.4) is 0 Å². The van der Waals surface area contributed by atoms with Crippen LogP contribution in [0.1, 0.15) is 6.92 Å². The molecule has 0 saturated carbocycles. The van der Waals surface area contributed by atoms with Crippen LogP contribution in [-0.2, 0) is 4.79 Å². The van der Waals surface area contributed by atoms with Gasteiger partial charge in [-0.15, -0.1) is 0 Å². The lowest BCUT2D eigenvalue weighted by atomic mass is 10.0. The van der Waals surface area contributed by atoms with E-state index in [2.05, 4.69) is 0 Å². The summed E-state index contributed by atoms with van der Waals surface area (Å²) in [6.07, 6.45) is -4.92. The van der Waals surface area contributed by atoms with Crippen molar-refractivity contribution in [1.29, 1.82) is 0 Å². The van der Waals surface area contributed by atoms with E-state index in [4.69, 9.17) is 16.7 Å². The summed E-state index contributed by atoms with van der Waals surface area (Å²) in [7, 11) is 0. The van der Waals surface area contributed by atoms with Crippen LogP contribution in [0, 0.1) is 0 Å². The van der Waals surface area contributed by atoms with Crippen LogP contribution < -0.4 is 5.32 Å². The molecule has 1 aromatic carbocycles. The highest BCUT2D eigenvalue weighted by Gasteiger charge is 2.57. The number of nitrogens with one attached hydrogen (secondary N) is 1. The smallest absolute Gasteiger partial charge is 0.422 e. The predicted octanol–water partition coefficient (Wildman–Crippen LogP) is 3.16. The van der Waals surface area contributed by atoms with Crippen LogP contribution in [0.4, 0.5) is 18.9 Å². The highest BCUT2D eigenvalue weighted by atomic mass is 35.5. The zero-order valence-corrected chi connectivity index (χ0v) is 9.43. The number of benzene rings is 1. The van der Waals surface area contributed by atoms with E-state index in [0.29, 0.717) is 11.9 Å². The first-order valence-corrected chi connectivity index (χ1v) is 4.88. The molecule has 3 nitrogen and oxygen atoms in total. The Balaban J connectivity index is 3.04. The van der Waals surface area contributed by atoms with E-state index in [9.17, 15) is 18.0 Å². The minimum atomic E-state index is -4.92. The Morgan fingerprint density at radius 3 is 2.12 bits per heavy atom. The second kappa shape index (κ2) is 4.44. The largest absolute Gasteiger partial charge is 0.479 e. The number of carboxylic acid groups (broad SMARTS) is 1. The summed E-state index contributed by atoms with van der Waals surface area (Å²) in [5, 5.41) is 11.0. The molecule has 0 heterocycles. The van der Waals surface area contributed by atoms with Gasteiger partial charge >= 0.3 is 12.1 Å². The van der Waals surface area contributed by atoms with Gasteiger partial charge in [0.1, 0.15) is 0 Å². The lowest BCUT2D eigenvalue weighted by molar-refractivity contribution is -0.192.